The predicted molar refractivity (Wildman–Crippen MR) is 69.2 cm³/mol. The number of aliphatic hydroxyl groups is 1. The van der Waals surface area contributed by atoms with E-state index in [-0.39, 0.29) is 18.5 Å². The van der Waals surface area contributed by atoms with Crippen LogP contribution in [0.2, 0.25) is 0 Å². The number of aliphatic hydroxyl groups excluding tert-OH is 1. The van der Waals surface area contributed by atoms with Crippen LogP contribution in [0.4, 0.5) is 4.39 Å². The van der Waals surface area contributed by atoms with Gasteiger partial charge in [0.1, 0.15) is 5.82 Å². The highest BCUT2D eigenvalue weighted by Gasteiger charge is 2.22. The maximum atomic E-state index is 13.6. The summed E-state index contributed by atoms with van der Waals surface area (Å²) < 4.78 is 14.5. The third-order valence-electron chi connectivity index (χ3n) is 3.34. The molecule has 1 aliphatic rings. The predicted octanol–water partition coefficient (Wildman–Crippen LogP) is 2.94. The van der Waals surface area contributed by atoms with Crippen molar-refractivity contribution in [1.82, 2.24) is 4.90 Å². The molecule has 4 heteroatoms. The summed E-state index contributed by atoms with van der Waals surface area (Å²) >= 11 is 3.36. The average Bonchev–Trinajstić information content (AvgIpc) is 2.34. The summed E-state index contributed by atoms with van der Waals surface area (Å²) in [5, 5.41) is 9.32. The fourth-order valence-electron chi connectivity index (χ4n) is 2.36. The molecule has 1 N–H and O–H groups in total. The molecule has 1 fully saturated rings. The minimum absolute atomic E-state index is 0.162. The lowest BCUT2D eigenvalue weighted by Crippen LogP contribution is -2.41. The van der Waals surface area contributed by atoms with Gasteiger partial charge in [-0.25, -0.2) is 4.39 Å². The van der Waals surface area contributed by atoms with Crippen molar-refractivity contribution < 1.29 is 9.50 Å². The van der Waals surface area contributed by atoms with E-state index in [1.165, 1.54) is 6.07 Å². The van der Waals surface area contributed by atoms with E-state index in [0.29, 0.717) is 12.1 Å². The first-order valence-electron chi connectivity index (χ1n) is 5.99. The quantitative estimate of drug-likeness (QED) is 0.928. The largest absolute Gasteiger partial charge is 0.395 e. The molecule has 94 valence electrons. The first-order valence-corrected chi connectivity index (χ1v) is 6.79. The Morgan fingerprint density at radius 1 is 1.41 bits per heavy atom. The Kier molecular flexibility index (Phi) is 4.54. The summed E-state index contributed by atoms with van der Waals surface area (Å²) in [5.41, 5.74) is 0.694. The van der Waals surface area contributed by atoms with Gasteiger partial charge in [0.2, 0.25) is 0 Å². The van der Waals surface area contributed by atoms with Crippen LogP contribution in [0.15, 0.2) is 22.7 Å². The van der Waals surface area contributed by atoms with Crippen molar-refractivity contribution >= 4 is 15.9 Å². The molecule has 0 bridgehead atoms. The molecule has 1 aliphatic heterocycles. The lowest BCUT2D eigenvalue weighted by Gasteiger charge is -2.34. The lowest BCUT2D eigenvalue weighted by atomic mass is 10.0. The van der Waals surface area contributed by atoms with Gasteiger partial charge in [-0.15, -0.1) is 0 Å². The normalized spacial score (nSPS) is 21.7. The summed E-state index contributed by atoms with van der Waals surface area (Å²) in [6.45, 7) is 1.68. The zero-order valence-corrected chi connectivity index (χ0v) is 11.3. The second-order valence-electron chi connectivity index (χ2n) is 4.54. The molecule has 1 aromatic rings. The van der Waals surface area contributed by atoms with Gasteiger partial charge in [-0.05, 0) is 37.6 Å². The highest BCUT2D eigenvalue weighted by molar-refractivity contribution is 9.10. The molecule has 1 aromatic carbocycles. The molecular weight excluding hydrogens is 285 g/mol. The van der Waals surface area contributed by atoms with Crippen molar-refractivity contribution in [2.45, 2.75) is 31.8 Å². The molecule has 1 saturated heterocycles. The van der Waals surface area contributed by atoms with Crippen molar-refractivity contribution in [3.8, 4) is 0 Å². The minimum Gasteiger partial charge on any atom is -0.395 e. The van der Waals surface area contributed by atoms with Gasteiger partial charge in [-0.1, -0.05) is 22.4 Å². The van der Waals surface area contributed by atoms with Crippen molar-refractivity contribution in [2.24, 2.45) is 0 Å². The molecule has 0 spiro atoms. The first kappa shape index (κ1) is 13.0. The van der Waals surface area contributed by atoms with Crippen LogP contribution in [0.1, 0.15) is 24.8 Å². The van der Waals surface area contributed by atoms with E-state index in [2.05, 4.69) is 20.8 Å². The second kappa shape index (κ2) is 5.94. The summed E-state index contributed by atoms with van der Waals surface area (Å²) in [6.07, 6.45) is 3.29. The summed E-state index contributed by atoms with van der Waals surface area (Å²) in [5.74, 6) is -0.171. The van der Waals surface area contributed by atoms with E-state index in [1.807, 2.05) is 6.07 Å². The van der Waals surface area contributed by atoms with Crippen LogP contribution < -0.4 is 0 Å². The number of hydrogen-bond donors (Lipinski definition) is 1. The fourth-order valence-corrected chi connectivity index (χ4v) is 2.77. The monoisotopic (exact) mass is 301 g/mol. The number of likely N-dealkylation sites (tertiary alicyclic amines) is 1. The molecule has 1 unspecified atom stereocenters. The molecule has 1 atom stereocenters. The fraction of sp³-hybridized carbons (Fsp3) is 0.538. The highest BCUT2D eigenvalue weighted by atomic mass is 79.9. The number of hydrogen-bond acceptors (Lipinski definition) is 2. The molecule has 0 radical (unpaired) electrons. The number of rotatable bonds is 3. The van der Waals surface area contributed by atoms with Gasteiger partial charge in [0, 0.05) is 22.6 Å². The van der Waals surface area contributed by atoms with E-state index in [4.69, 9.17) is 0 Å². The molecule has 0 aromatic heterocycles. The standard InChI is InChI=1S/C13H17BrFNO/c14-11-4-5-13(15)10(7-11)8-16-6-2-1-3-12(16)9-17/h4-5,7,12,17H,1-3,6,8-9H2. The van der Waals surface area contributed by atoms with Crippen LogP contribution in [0, 0.1) is 5.82 Å². The van der Waals surface area contributed by atoms with Crippen LogP contribution in [-0.4, -0.2) is 29.2 Å². The van der Waals surface area contributed by atoms with Crippen molar-refractivity contribution in [2.75, 3.05) is 13.2 Å². The Labute approximate surface area is 110 Å². The lowest BCUT2D eigenvalue weighted by molar-refractivity contribution is 0.0832. The second-order valence-corrected chi connectivity index (χ2v) is 5.45. The molecule has 2 rings (SSSR count). The van der Waals surface area contributed by atoms with E-state index >= 15 is 0 Å². The number of benzene rings is 1. The Morgan fingerprint density at radius 3 is 3.00 bits per heavy atom. The minimum atomic E-state index is -0.171. The SMILES string of the molecule is OCC1CCCCN1Cc1cc(Br)ccc1F. The first-order chi connectivity index (χ1) is 8.20. The van der Waals surface area contributed by atoms with Crippen LogP contribution in [0.5, 0.6) is 0 Å². The summed E-state index contributed by atoms with van der Waals surface area (Å²) in [6, 6.07) is 5.19. The van der Waals surface area contributed by atoms with Crippen LogP contribution in [-0.2, 0) is 6.54 Å². The molecule has 0 saturated carbocycles. The Hall–Kier alpha value is -0.450. The van der Waals surface area contributed by atoms with Crippen LogP contribution in [0.3, 0.4) is 0 Å². The Morgan fingerprint density at radius 2 is 2.24 bits per heavy atom. The van der Waals surface area contributed by atoms with Gasteiger partial charge in [-0.3, -0.25) is 4.90 Å². The van der Waals surface area contributed by atoms with E-state index < -0.39 is 0 Å². The van der Waals surface area contributed by atoms with E-state index in [9.17, 15) is 9.50 Å². The zero-order chi connectivity index (χ0) is 12.3. The van der Waals surface area contributed by atoms with Gasteiger partial charge in [0.25, 0.3) is 0 Å². The van der Waals surface area contributed by atoms with Crippen LogP contribution >= 0.6 is 15.9 Å². The summed E-state index contributed by atoms with van der Waals surface area (Å²) in [7, 11) is 0. The third kappa shape index (κ3) is 3.27. The molecule has 0 aliphatic carbocycles. The maximum Gasteiger partial charge on any atom is 0.127 e. The van der Waals surface area contributed by atoms with Gasteiger partial charge < -0.3 is 5.11 Å². The average molecular weight is 302 g/mol. The zero-order valence-electron chi connectivity index (χ0n) is 9.70. The number of piperidine rings is 1. The van der Waals surface area contributed by atoms with Gasteiger partial charge >= 0.3 is 0 Å². The van der Waals surface area contributed by atoms with E-state index in [0.717, 1.165) is 30.3 Å². The van der Waals surface area contributed by atoms with Gasteiger partial charge in [0.05, 0.1) is 6.61 Å². The van der Waals surface area contributed by atoms with E-state index in [1.54, 1.807) is 6.07 Å². The Balaban J connectivity index is 2.10. The van der Waals surface area contributed by atoms with Crippen molar-refractivity contribution in [3.05, 3.63) is 34.1 Å². The van der Waals surface area contributed by atoms with Crippen molar-refractivity contribution in [3.63, 3.8) is 0 Å². The van der Waals surface area contributed by atoms with Gasteiger partial charge in [-0.2, -0.15) is 0 Å². The van der Waals surface area contributed by atoms with Gasteiger partial charge in [0.15, 0.2) is 0 Å². The highest BCUT2D eigenvalue weighted by Crippen LogP contribution is 2.22. The number of halogens is 2. The van der Waals surface area contributed by atoms with Crippen LogP contribution in [0.25, 0.3) is 0 Å². The summed E-state index contributed by atoms with van der Waals surface area (Å²) in [4.78, 5) is 2.17. The number of nitrogens with zero attached hydrogens (tertiary/aromatic N) is 1. The topological polar surface area (TPSA) is 23.5 Å². The Bertz CT molecular complexity index is 386. The smallest absolute Gasteiger partial charge is 0.127 e. The third-order valence-corrected chi connectivity index (χ3v) is 3.83. The molecule has 1 heterocycles. The molecule has 17 heavy (non-hydrogen) atoms. The maximum absolute atomic E-state index is 13.6. The molecule has 2 nitrogen and oxygen atoms in total. The van der Waals surface area contributed by atoms with Crippen molar-refractivity contribution in [1.29, 1.82) is 0 Å². The molecule has 0 amide bonds. The molecular formula is C13H17BrFNO.